The van der Waals surface area contributed by atoms with E-state index in [-0.39, 0.29) is 12.3 Å². The maximum absolute atomic E-state index is 12.2. The minimum atomic E-state index is -0.944. The molecule has 0 aliphatic carbocycles. The molecule has 1 amide bonds. The molecule has 1 N–H and O–H groups in total. The predicted octanol–water partition coefficient (Wildman–Crippen LogP) is 1.56. The molecular formula is C12H18N2O4. The number of aryl methyl sites for hydroxylation is 1. The van der Waals surface area contributed by atoms with Crippen molar-refractivity contribution in [3.8, 4) is 0 Å². The van der Waals surface area contributed by atoms with Crippen molar-refractivity contribution in [3.63, 3.8) is 0 Å². The van der Waals surface area contributed by atoms with E-state index in [9.17, 15) is 9.59 Å². The SMILES string of the molecule is CCc1oncc1C(=O)N(C)C(C)(C)CC(=O)O. The van der Waals surface area contributed by atoms with Crippen molar-refractivity contribution in [1.29, 1.82) is 0 Å². The van der Waals surface area contributed by atoms with E-state index in [0.717, 1.165) is 0 Å². The minimum absolute atomic E-state index is 0.123. The number of carbonyl (C=O) groups excluding carboxylic acids is 1. The molecule has 1 aromatic heterocycles. The number of hydrogen-bond donors (Lipinski definition) is 1. The van der Waals surface area contributed by atoms with Gasteiger partial charge in [-0.25, -0.2) is 0 Å². The van der Waals surface area contributed by atoms with Crippen molar-refractivity contribution in [3.05, 3.63) is 17.5 Å². The molecule has 0 atom stereocenters. The van der Waals surface area contributed by atoms with Crippen LogP contribution in [-0.2, 0) is 11.2 Å². The van der Waals surface area contributed by atoms with E-state index < -0.39 is 11.5 Å². The highest BCUT2D eigenvalue weighted by atomic mass is 16.5. The van der Waals surface area contributed by atoms with Gasteiger partial charge in [0.05, 0.1) is 12.6 Å². The Morgan fingerprint density at radius 2 is 2.11 bits per heavy atom. The van der Waals surface area contributed by atoms with Gasteiger partial charge in [-0.15, -0.1) is 0 Å². The molecule has 0 fully saturated rings. The summed E-state index contributed by atoms with van der Waals surface area (Å²) in [5.41, 5.74) is -0.385. The molecule has 100 valence electrons. The molecular weight excluding hydrogens is 236 g/mol. The molecule has 18 heavy (non-hydrogen) atoms. The number of carboxylic acids is 1. The largest absolute Gasteiger partial charge is 0.481 e. The number of rotatable bonds is 5. The lowest BCUT2D eigenvalue weighted by atomic mass is 9.97. The Morgan fingerprint density at radius 1 is 1.50 bits per heavy atom. The fraction of sp³-hybridized carbons (Fsp3) is 0.583. The van der Waals surface area contributed by atoms with Crippen LogP contribution in [0.1, 0.15) is 43.3 Å². The molecule has 6 nitrogen and oxygen atoms in total. The lowest BCUT2D eigenvalue weighted by Gasteiger charge is -2.34. The van der Waals surface area contributed by atoms with Crippen LogP contribution in [0.2, 0.25) is 0 Å². The van der Waals surface area contributed by atoms with E-state index in [1.54, 1.807) is 20.9 Å². The highest BCUT2D eigenvalue weighted by Crippen LogP contribution is 2.21. The van der Waals surface area contributed by atoms with Gasteiger partial charge in [-0.05, 0) is 13.8 Å². The first-order valence-electron chi connectivity index (χ1n) is 5.73. The number of carboxylic acid groups (broad SMARTS) is 1. The number of nitrogens with zero attached hydrogens (tertiary/aromatic N) is 2. The van der Waals surface area contributed by atoms with E-state index in [0.29, 0.717) is 17.7 Å². The van der Waals surface area contributed by atoms with Gasteiger partial charge in [-0.1, -0.05) is 12.1 Å². The average Bonchev–Trinajstić information content (AvgIpc) is 2.73. The summed E-state index contributed by atoms with van der Waals surface area (Å²) in [7, 11) is 1.58. The summed E-state index contributed by atoms with van der Waals surface area (Å²) in [5.74, 6) is -0.710. The number of carbonyl (C=O) groups is 2. The first-order chi connectivity index (χ1) is 8.29. The van der Waals surface area contributed by atoms with E-state index in [1.165, 1.54) is 11.1 Å². The first-order valence-corrected chi connectivity index (χ1v) is 5.73. The van der Waals surface area contributed by atoms with Crippen LogP contribution in [0.15, 0.2) is 10.7 Å². The van der Waals surface area contributed by atoms with Gasteiger partial charge < -0.3 is 14.5 Å². The van der Waals surface area contributed by atoms with Gasteiger partial charge in [0, 0.05) is 19.0 Å². The van der Waals surface area contributed by atoms with Crippen LogP contribution in [0.4, 0.5) is 0 Å². The van der Waals surface area contributed by atoms with Crippen LogP contribution in [0.3, 0.4) is 0 Å². The predicted molar refractivity (Wildman–Crippen MR) is 64.3 cm³/mol. The average molecular weight is 254 g/mol. The Morgan fingerprint density at radius 3 is 2.61 bits per heavy atom. The van der Waals surface area contributed by atoms with Crippen LogP contribution >= 0.6 is 0 Å². The summed E-state index contributed by atoms with van der Waals surface area (Å²) < 4.78 is 4.97. The minimum Gasteiger partial charge on any atom is -0.481 e. The van der Waals surface area contributed by atoms with Crippen molar-refractivity contribution in [1.82, 2.24) is 10.1 Å². The zero-order valence-corrected chi connectivity index (χ0v) is 11.1. The van der Waals surface area contributed by atoms with Gasteiger partial charge in [0.15, 0.2) is 0 Å². The summed E-state index contributed by atoms with van der Waals surface area (Å²) in [6, 6.07) is 0. The summed E-state index contributed by atoms with van der Waals surface area (Å²) in [5, 5.41) is 12.4. The third-order valence-corrected chi connectivity index (χ3v) is 2.99. The molecule has 1 heterocycles. The number of amides is 1. The fourth-order valence-electron chi connectivity index (χ4n) is 1.64. The molecule has 0 aromatic carbocycles. The third-order valence-electron chi connectivity index (χ3n) is 2.99. The standard InChI is InChI=1S/C12H18N2O4/c1-5-9-8(7-13-18-9)11(17)14(4)12(2,3)6-10(15)16/h7H,5-6H2,1-4H3,(H,15,16). The zero-order valence-electron chi connectivity index (χ0n) is 11.1. The summed E-state index contributed by atoms with van der Waals surface area (Å²) >= 11 is 0. The Hall–Kier alpha value is -1.85. The number of hydrogen-bond acceptors (Lipinski definition) is 4. The smallest absolute Gasteiger partial charge is 0.305 e. The van der Waals surface area contributed by atoms with Crippen LogP contribution < -0.4 is 0 Å². The molecule has 0 aliphatic rings. The molecule has 0 spiro atoms. The molecule has 0 bridgehead atoms. The van der Waals surface area contributed by atoms with E-state index in [1.807, 2.05) is 6.92 Å². The summed E-state index contributed by atoms with van der Waals surface area (Å²) in [6.45, 7) is 5.27. The van der Waals surface area contributed by atoms with Gasteiger partial charge in [-0.3, -0.25) is 9.59 Å². The van der Waals surface area contributed by atoms with Gasteiger partial charge in [-0.2, -0.15) is 0 Å². The lowest BCUT2D eigenvalue weighted by molar-refractivity contribution is -0.139. The van der Waals surface area contributed by atoms with Crippen molar-refractivity contribution in [2.45, 2.75) is 39.2 Å². The van der Waals surface area contributed by atoms with Gasteiger partial charge >= 0.3 is 5.97 Å². The van der Waals surface area contributed by atoms with Crippen molar-refractivity contribution < 1.29 is 19.2 Å². The molecule has 1 rings (SSSR count). The van der Waals surface area contributed by atoms with E-state index in [4.69, 9.17) is 9.63 Å². The van der Waals surface area contributed by atoms with E-state index in [2.05, 4.69) is 5.16 Å². The highest BCUT2D eigenvalue weighted by Gasteiger charge is 2.32. The highest BCUT2D eigenvalue weighted by molar-refractivity contribution is 5.95. The quantitative estimate of drug-likeness (QED) is 0.862. The zero-order chi connectivity index (χ0) is 13.9. The number of aliphatic carboxylic acids is 1. The molecule has 0 saturated carbocycles. The Labute approximate surface area is 106 Å². The van der Waals surface area contributed by atoms with Crippen LogP contribution in [-0.4, -0.2) is 39.6 Å². The van der Waals surface area contributed by atoms with Gasteiger partial charge in [0.25, 0.3) is 5.91 Å². The summed E-state index contributed by atoms with van der Waals surface area (Å²) in [4.78, 5) is 24.4. The fourth-order valence-corrected chi connectivity index (χ4v) is 1.64. The Kier molecular flexibility index (Phi) is 4.11. The molecule has 1 aromatic rings. The Bertz CT molecular complexity index is 451. The van der Waals surface area contributed by atoms with Gasteiger partial charge in [0.2, 0.25) is 0 Å². The monoisotopic (exact) mass is 254 g/mol. The molecule has 6 heteroatoms. The molecule has 0 radical (unpaired) electrons. The molecule has 0 saturated heterocycles. The van der Waals surface area contributed by atoms with E-state index >= 15 is 0 Å². The second-order valence-corrected chi connectivity index (χ2v) is 4.76. The second kappa shape index (κ2) is 5.20. The topological polar surface area (TPSA) is 83.6 Å². The van der Waals surface area contributed by atoms with Crippen molar-refractivity contribution >= 4 is 11.9 Å². The maximum atomic E-state index is 12.2. The van der Waals surface area contributed by atoms with Crippen LogP contribution in [0.25, 0.3) is 0 Å². The summed E-state index contributed by atoms with van der Waals surface area (Å²) in [6.07, 6.45) is 1.81. The van der Waals surface area contributed by atoms with Crippen LogP contribution in [0.5, 0.6) is 0 Å². The third kappa shape index (κ3) is 2.88. The number of aromatic nitrogens is 1. The van der Waals surface area contributed by atoms with Crippen LogP contribution in [0, 0.1) is 0 Å². The van der Waals surface area contributed by atoms with Gasteiger partial charge in [0.1, 0.15) is 11.3 Å². The molecule has 0 unspecified atom stereocenters. The maximum Gasteiger partial charge on any atom is 0.305 e. The second-order valence-electron chi connectivity index (χ2n) is 4.76. The Balaban J connectivity index is 2.93. The molecule has 0 aliphatic heterocycles. The lowest BCUT2D eigenvalue weighted by Crippen LogP contribution is -2.46. The normalized spacial score (nSPS) is 11.3. The first kappa shape index (κ1) is 14.2. The van der Waals surface area contributed by atoms with Crippen molar-refractivity contribution in [2.24, 2.45) is 0 Å². The van der Waals surface area contributed by atoms with Crippen molar-refractivity contribution in [2.75, 3.05) is 7.05 Å².